The lowest BCUT2D eigenvalue weighted by Crippen LogP contribution is -2.35. The summed E-state index contributed by atoms with van der Waals surface area (Å²) in [5.74, 6) is -0.459. The Labute approximate surface area is 114 Å². The van der Waals surface area contributed by atoms with Crippen molar-refractivity contribution in [1.29, 1.82) is 0 Å². The molecule has 0 amide bonds. The average Bonchev–Trinajstić information content (AvgIpc) is 2.92. The van der Waals surface area contributed by atoms with Crippen molar-refractivity contribution in [2.24, 2.45) is 11.8 Å². The SMILES string of the molecule is O=C(O)C1CCCCC1CNCCCn1ccnc1. The zero-order valence-corrected chi connectivity index (χ0v) is 11.3. The van der Waals surface area contributed by atoms with Crippen LogP contribution < -0.4 is 5.32 Å². The van der Waals surface area contributed by atoms with E-state index < -0.39 is 5.97 Å². The van der Waals surface area contributed by atoms with Gasteiger partial charge in [0.25, 0.3) is 0 Å². The highest BCUT2D eigenvalue weighted by molar-refractivity contribution is 5.70. The van der Waals surface area contributed by atoms with Crippen molar-refractivity contribution in [2.45, 2.75) is 38.6 Å². The van der Waals surface area contributed by atoms with E-state index in [0.717, 1.165) is 45.3 Å². The molecule has 1 heterocycles. The topological polar surface area (TPSA) is 67.2 Å². The lowest BCUT2D eigenvalue weighted by molar-refractivity contribution is -0.144. The quantitative estimate of drug-likeness (QED) is 0.737. The Morgan fingerprint density at radius 2 is 2.26 bits per heavy atom. The number of carboxylic acids is 1. The van der Waals surface area contributed by atoms with Gasteiger partial charge >= 0.3 is 5.97 Å². The zero-order chi connectivity index (χ0) is 13.5. The number of nitrogens with one attached hydrogen (secondary N) is 1. The number of rotatable bonds is 7. The highest BCUT2D eigenvalue weighted by Crippen LogP contribution is 2.29. The third-order valence-electron chi connectivity index (χ3n) is 3.96. The molecule has 2 atom stereocenters. The van der Waals surface area contributed by atoms with Crippen LogP contribution in [0.5, 0.6) is 0 Å². The standard InChI is InChI=1S/C14H23N3O2/c18-14(19)13-5-2-1-4-12(13)10-15-6-3-8-17-9-7-16-11-17/h7,9,11-13,15H,1-6,8,10H2,(H,18,19). The highest BCUT2D eigenvalue weighted by Gasteiger charge is 2.30. The van der Waals surface area contributed by atoms with Crippen molar-refractivity contribution >= 4 is 5.97 Å². The van der Waals surface area contributed by atoms with Gasteiger partial charge in [0.15, 0.2) is 0 Å². The summed E-state index contributed by atoms with van der Waals surface area (Å²) in [4.78, 5) is 15.2. The summed E-state index contributed by atoms with van der Waals surface area (Å²) in [5, 5.41) is 12.6. The lowest BCUT2D eigenvalue weighted by atomic mass is 9.79. The Balaban J connectivity index is 1.62. The number of aliphatic carboxylic acids is 1. The fourth-order valence-electron chi connectivity index (χ4n) is 2.87. The number of carboxylic acid groups (broad SMARTS) is 1. The number of aryl methyl sites for hydroxylation is 1. The number of hydrogen-bond acceptors (Lipinski definition) is 3. The normalized spacial score (nSPS) is 23.4. The van der Waals surface area contributed by atoms with Crippen LogP contribution in [0.1, 0.15) is 32.1 Å². The molecular formula is C14H23N3O2. The predicted molar refractivity (Wildman–Crippen MR) is 72.8 cm³/mol. The number of imidazole rings is 1. The minimum absolute atomic E-state index is 0.144. The van der Waals surface area contributed by atoms with E-state index in [2.05, 4.69) is 14.9 Å². The first-order valence-electron chi connectivity index (χ1n) is 7.16. The van der Waals surface area contributed by atoms with E-state index in [1.54, 1.807) is 6.20 Å². The molecule has 106 valence electrons. The maximum absolute atomic E-state index is 11.2. The Morgan fingerprint density at radius 3 is 3.00 bits per heavy atom. The van der Waals surface area contributed by atoms with E-state index in [9.17, 15) is 9.90 Å². The largest absolute Gasteiger partial charge is 0.481 e. The monoisotopic (exact) mass is 265 g/mol. The molecule has 0 saturated heterocycles. The fraction of sp³-hybridized carbons (Fsp3) is 0.714. The molecule has 1 aliphatic carbocycles. The number of nitrogens with zero attached hydrogens (tertiary/aromatic N) is 2. The number of aromatic nitrogens is 2. The van der Waals surface area contributed by atoms with Gasteiger partial charge in [0, 0.05) is 18.9 Å². The van der Waals surface area contributed by atoms with E-state index in [4.69, 9.17) is 0 Å². The van der Waals surface area contributed by atoms with Crippen molar-refractivity contribution in [3.8, 4) is 0 Å². The van der Waals surface area contributed by atoms with Crippen LogP contribution >= 0.6 is 0 Å². The summed E-state index contributed by atoms with van der Waals surface area (Å²) in [6.45, 7) is 2.72. The molecule has 1 aromatic heterocycles. The van der Waals surface area contributed by atoms with Crippen molar-refractivity contribution in [2.75, 3.05) is 13.1 Å². The second kappa shape index (κ2) is 7.28. The van der Waals surface area contributed by atoms with Gasteiger partial charge in [-0.3, -0.25) is 4.79 Å². The van der Waals surface area contributed by atoms with Gasteiger partial charge in [0.05, 0.1) is 12.2 Å². The maximum Gasteiger partial charge on any atom is 0.306 e. The van der Waals surface area contributed by atoms with Crippen molar-refractivity contribution in [1.82, 2.24) is 14.9 Å². The molecule has 5 nitrogen and oxygen atoms in total. The van der Waals surface area contributed by atoms with E-state index in [1.807, 2.05) is 12.5 Å². The molecule has 1 fully saturated rings. The van der Waals surface area contributed by atoms with Gasteiger partial charge in [0.1, 0.15) is 0 Å². The van der Waals surface area contributed by atoms with Gasteiger partial charge in [0.2, 0.25) is 0 Å². The summed E-state index contributed by atoms with van der Waals surface area (Å²) in [5.41, 5.74) is 0. The summed E-state index contributed by atoms with van der Waals surface area (Å²) in [6, 6.07) is 0. The van der Waals surface area contributed by atoms with Crippen LogP contribution in [0.2, 0.25) is 0 Å². The summed E-state index contributed by atoms with van der Waals surface area (Å²) < 4.78 is 2.06. The minimum atomic E-state index is -0.620. The second-order valence-corrected chi connectivity index (χ2v) is 5.35. The molecule has 0 spiro atoms. The molecule has 1 aromatic rings. The molecule has 0 aliphatic heterocycles. The first-order valence-corrected chi connectivity index (χ1v) is 7.16. The Hall–Kier alpha value is -1.36. The van der Waals surface area contributed by atoms with E-state index in [-0.39, 0.29) is 5.92 Å². The Bertz CT molecular complexity index is 378. The van der Waals surface area contributed by atoms with Gasteiger partial charge in [-0.2, -0.15) is 0 Å². The maximum atomic E-state index is 11.2. The summed E-state index contributed by atoms with van der Waals surface area (Å²) >= 11 is 0. The third kappa shape index (κ3) is 4.35. The van der Waals surface area contributed by atoms with Crippen LogP contribution in [0.25, 0.3) is 0 Å². The first kappa shape index (κ1) is 14.1. The molecule has 1 saturated carbocycles. The van der Waals surface area contributed by atoms with Crippen molar-refractivity contribution < 1.29 is 9.90 Å². The van der Waals surface area contributed by atoms with Crippen LogP contribution in [0.4, 0.5) is 0 Å². The van der Waals surface area contributed by atoms with Crippen LogP contribution in [0.3, 0.4) is 0 Å². The van der Waals surface area contributed by atoms with Crippen LogP contribution in [-0.2, 0) is 11.3 Å². The van der Waals surface area contributed by atoms with E-state index >= 15 is 0 Å². The molecule has 2 N–H and O–H groups in total. The summed E-state index contributed by atoms with van der Waals surface area (Å²) in [7, 11) is 0. The molecule has 2 rings (SSSR count). The molecule has 0 aromatic carbocycles. The molecule has 0 bridgehead atoms. The zero-order valence-electron chi connectivity index (χ0n) is 11.3. The van der Waals surface area contributed by atoms with Gasteiger partial charge in [-0.05, 0) is 38.3 Å². The Kier molecular flexibility index (Phi) is 5.39. The molecule has 19 heavy (non-hydrogen) atoms. The van der Waals surface area contributed by atoms with Crippen molar-refractivity contribution in [3.05, 3.63) is 18.7 Å². The van der Waals surface area contributed by atoms with Gasteiger partial charge in [-0.1, -0.05) is 12.8 Å². The van der Waals surface area contributed by atoms with E-state index in [0.29, 0.717) is 5.92 Å². The van der Waals surface area contributed by atoms with Gasteiger partial charge in [-0.15, -0.1) is 0 Å². The van der Waals surface area contributed by atoms with Crippen LogP contribution in [0.15, 0.2) is 18.7 Å². The predicted octanol–water partition coefficient (Wildman–Crippen LogP) is 1.75. The molecule has 2 unspecified atom stereocenters. The first-order chi connectivity index (χ1) is 9.27. The van der Waals surface area contributed by atoms with E-state index in [1.165, 1.54) is 6.42 Å². The average molecular weight is 265 g/mol. The third-order valence-corrected chi connectivity index (χ3v) is 3.96. The minimum Gasteiger partial charge on any atom is -0.481 e. The smallest absolute Gasteiger partial charge is 0.306 e. The Morgan fingerprint density at radius 1 is 1.42 bits per heavy atom. The fourth-order valence-corrected chi connectivity index (χ4v) is 2.87. The lowest BCUT2D eigenvalue weighted by Gasteiger charge is -2.28. The highest BCUT2D eigenvalue weighted by atomic mass is 16.4. The van der Waals surface area contributed by atoms with Crippen LogP contribution in [0, 0.1) is 11.8 Å². The summed E-state index contributed by atoms with van der Waals surface area (Å²) in [6.07, 6.45) is 10.7. The van der Waals surface area contributed by atoms with Gasteiger partial charge in [-0.25, -0.2) is 4.98 Å². The van der Waals surface area contributed by atoms with Crippen molar-refractivity contribution in [3.63, 3.8) is 0 Å². The molecule has 1 aliphatic rings. The van der Waals surface area contributed by atoms with Crippen LogP contribution in [-0.4, -0.2) is 33.7 Å². The molecular weight excluding hydrogens is 242 g/mol. The van der Waals surface area contributed by atoms with Gasteiger partial charge < -0.3 is 15.0 Å². The second-order valence-electron chi connectivity index (χ2n) is 5.35. The molecule has 5 heteroatoms. The number of hydrogen-bond donors (Lipinski definition) is 2. The molecule has 0 radical (unpaired) electrons. The number of carbonyl (C=O) groups is 1.